The van der Waals surface area contributed by atoms with Gasteiger partial charge >= 0.3 is 0 Å². The maximum atomic E-state index is 5.15. The fraction of sp³-hybridized carbons (Fsp3) is 0.933. The first-order chi connectivity index (χ1) is 15.4. The van der Waals surface area contributed by atoms with E-state index >= 15 is 0 Å². The molecule has 0 aromatic heterocycles. The van der Waals surface area contributed by atoms with Gasteiger partial charge in [-0.25, -0.2) is 0 Å². The maximum absolute atomic E-state index is 5.15. The van der Waals surface area contributed by atoms with Crippen LogP contribution in [0.1, 0.15) is 174 Å². The van der Waals surface area contributed by atoms with Gasteiger partial charge in [-0.1, -0.05) is 174 Å². The second-order valence-corrected chi connectivity index (χ2v) is 9.88. The third-order valence-corrected chi connectivity index (χ3v) is 6.73. The zero-order valence-corrected chi connectivity index (χ0v) is 21.8. The highest BCUT2D eigenvalue weighted by atomic mass is 16.5. The summed E-state index contributed by atoms with van der Waals surface area (Å²) < 4.78 is 5.15. The summed E-state index contributed by atoms with van der Waals surface area (Å²) in [6, 6.07) is 0. The van der Waals surface area contributed by atoms with E-state index in [0.29, 0.717) is 0 Å². The molecule has 0 fully saturated rings. The smallest absolute Gasteiger partial charge is 0.0873 e. The molecule has 0 spiro atoms. The van der Waals surface area contributed by atoms with Crippen LogP contribution in [0.15, 0.2) is 12.8 Å². The van der Waals surface area contributed by atoms with Gasteiger partial charge in [-0.3, -0.25) is 0 Å². The first kappa shape index (κ1) is 30.5. The molecule has 0 unspecified atom stereocenters. The van der Waals surface area contributed by atoms with Crippen molar-refractivity contribution in [1.82, 2.24) is 0 Å². The van der Waals surface area contributed by atoms with Crippen molar-refractivity contribution < 1.29 is 4.74 Å². The first-order valence-electron chi connectivity index (χ1n) is 14.6. The number of hydrogen-bond donors (Lipinski definition) is 0. The van der Waals surface area contributed by atoms with Gasteiger partial charge in [0.15, 0.2) is 0 Å². The highest BCUT2D eigenvalue weighted by Crippen LogP contribution is 2.15. The van der Waals surface area contributed by atoms with E-state index in [1.807, 2.05) is 0 Å². The molecule has 0 radical (unpaired) electrons. The summed E-state index contributed by atoms with van der Waals surface area (Å²) in [5.74, 6) is 0. The van der Waals surface area contributed by atoms with Crippen LogP contribution in [-0.4, -0.2) is 6.61 Å². The SMILES string of the molecule is C=COCCCCCCCCCCCCCCCCCCCCCCCCCCCC. The molecule has 0 rings (SSSR count). The zero-order chi connectivity index (χ0) is 22.5. The Morgan fingerprint density at radius 2 is 0.613 bits per heavy atom. The molecule has 186 valence electrons. The Morgan fingerprint density at radius 1 is 0.387 bits per heavy atom. The minimum absolute atomic E-state index is 0.850. The Hall–Kier alpha value is -0.460. The molecule has 0 amide bonds. The number of ether oxygens (including phenoxy) is 1. The average molecular weight is 437 g/mol. The zero-order valence-electron chi connectivity index (χ0n) is 21.8. The molecule has 0 saturated carbocycles. The van der Waals surface area contributed by atoms with Crippen molar-refractivity contribution in [2.24, 2.45) is 0 Å². The molecule has 0 bridgehead atoms. The minimum atomic E-state index is 0.850. The van der Waals surface area contributed by atoms with E-state index in [4.69, 9.17) is 4.74 Å². The lowest BCUT2D eigenvalue weighted by Gasteiger charge is -2.04. The normalized spacial score (nSPS) is 11.1. The van der Waals surface area contributed by atoms with Crippen molar-refractivity contribution in [3.63, 3.8) is 0 Å². The fourth-order valence-electron chi connectivity index (χ4n) is 4.58. The Balaban J connectivity index is 2.98. The summed E-state index contributed by atoms with van der Waals surface area (Å²) in [4.78, 5) is 0. The van der Waals surface area contributed by atoms with Gasteiger partial charge in [-0.05, 0) is 6.42 Å². The second kappa shape index (κ2) is 29.5. The van der Waals surface area contributed by atoms with E-state index in [1.54, 1.807) is 6.26 Å². The topological polar surface area (TPSA) is 9.23 Å². The molecule has 0 aromatic carbocycles. The highest BCUT2D eigenvalue weighted by Gasteiger charge is 1.96. The Kier molecular flexibility index (Phi) is 29.1. The predicted octanol–water partition coefficient (Wildman–Crippen LogP) is 11.3. The quantitative estimate of drug-likeness (QED) is 0.0874. The van der Waals surface area contributed by atoms with E-state index < -0.39 is 0 Å². The highest BCUT2D eigenvalue weighted by molar-refractivity contribution is 4.52. The second-order valence-electron chi connectivity index (χ2n) is 9.88. The van der Waals surface area contributed by atoms with Crippen LogP contribution in [0.5, 0.6) is 0 Å². The molecular weight excluding hydrogens is 376 g/mol. The summed E-state index contributed by atoms with van der Waals surface area (Å²) in [5, 5.41) is 0. The third kappa shape index (κ3) is 29.5. The molecule has 0 aliphatic rings. The Bertz CT molecular complexity index is 312. The molecule has 0 aliphatic carbocycles. The van der Waals surface area contributed by atoms with Crippen LogP contribution in [0, 0.1) is 0 Å². The first-order valence-corrected chi connectivity index (χ1v) is 14.6. The van der Waals surface area contributed by atoms with E-state index in [1.165, 1.54) is 167 Å². The van der Waals surface area contributed by atoms with E-state index in [-0.39, 0.29) is 0 Å². The number of hydrogen-bond acceptors (Lipinski definition) is 1. The van der Waals surface area contributed by atoms with E-state index in [0.717, 1.165) is 6.61 Å². The van der Waals surface area contributed by atoms with Crippen LogP contribution in [0.3, 0.4) is 0 Å². The lowest BCUT2D eigenvalue weighted by atomic mass is 10.0. The Labute approximate surface area is 198 Å². The van der Waals surface area contributed by atoms with Gasteiger partial charge in [0.2, 0.25) is 0 Å². The van der Waals surface area contributed by atoms with Gasteiger partial charge in [0.1, 0.15) is 0 Å². The molecule has 0 saturated heterocycles. The third-order valence-electron chi connectivity index (χ3n) is 6.73. The summed E-state index contributed by atoms with van der Waals surface area (Å²) >= 11 is 0. The van der Waals surface area contributed by atoms with Gasteiger partial charge in [0.25, 0.3) is 0 Å². The largest absolute Gasteiger partial charge is 0.502 e. The monoisotopic (exact) mass is 436 g/mol. The summed E-state index contributed by atoms with van der Waals surface area (Å²) in [6.07, 6.45) is 39.1. The minimum Gasteiger partial charge on any atom is -0.502 e. The molecule has 0 N–H and O–H groups in total. The molecule has 0 aromatic rings. The van der Waals surface area contributed by atoms with Crippen LogP contribution < -0.4 is 0 Å². The molecule has 0 aliphatic heterocycles. The Morgan fingerprint density at radius 3 is 0.839 bits per heavy atom. The van der Waals surface area contributed by atoms with Crippen LogP contribution in [0.2, 0.25) is 0 Å². The molecule has 1 nitrogen and oxygen atoms in total. The van der Waals surface area contributed by atoms with E-state index in [2.05, 4.69) is 13.5 Å². The van der Waals surface area contributed by atoms with Gasteiger partial charge < -0.3 is 4.74 Å². The van der Waals surface area contributed by atoms with Gasteiger partial charge in [-0.2, -0.15) is 0 Å². The molecule has 0 heterocycles. The lowest BCUT2D eigenvalue weighted by molar-refractivity contribution is 0.241. The van der Waals surface area contributed by atoms with Crippen molar-refractivity contribution in [1.29, 1.82) is 0 Å². The fourth-order valence-corrected chi connectivity index (χ4v) is 4.58. The van der Waals surface area contributed by atoms with Crippen LogP contribution in [-0.2, 0) is 4.74 Å². The van der Waals surface area contributed by atoms with Crippen molar-refractivity contribution in [3.05, 3.63) is 12.8 Å². The van der Waals surface area contributed by atoms with E-state index in [9.17, 15) is 0 Å². The van der Waals surface area contributed by atoms with Crippen molar-refractivity contribution >= 4 is 0 Å². The lowest BCUT2D eigenvalue weighted by Crippen LogP contribution is -1.87. The average Bonchev–Trinajstić information content (AvgIpc) is 2.78. The summed E-state index contributed by atoms with van der Waals surface area (Å²) in [6.45, 7) is 6.72. The molecule has 1 heteroatoms. The van der Waals surface area contributed by atoms with Crippen LogP contribution in [0.4, 0.5) is 0 Å². The van der Waals surface area contributed by atoms with Gasteiger partial charge in [0.05, 0.1) is 12.9 Å². The summed E-state index contributed by atoms with van der Waals surface area (Å²) in [7, 11) is 0. The standard InChI is InChI=1S/C30H60O/c1-3-5-6-7-8-9-10-11-12-13-14-15-16-17-18-19-20-21-22-23-24-25-26-27-28-29-30-31-4-2/h4H,2-3,5-30H2,1H3. The summed E-state index contributed by atoms with van der Waals surface area (Å²) in [5.41, 5.74) is 0. The van der Waals surface area contributed by atoms with Crippen LogP contribution >= 0.6 is 0 Å². The number of rotatable bonds is 28. The maximum Gasteiger partial charge on any atom is 0.0873 e. The van der Waals surface area contributed by atoms with Crippen molar-refractivity contribution in [2.45, 2.75) is 174 Å². The molecule has 31 heavy (non-hydrogen) atoms. The van der Waals surface area contributed by atoms with Gasteiger partial charge in [0, 0.05) is 0 Å². The van der Waals surface area contributed by atoms with Gasteiger partial charge in [-0.15, -0.1) is 0 Å². The van der Waals surface area contributed by atoms with Crippen LogP contribution in [0.25, 0.3) is 0 Å². The molecular formula is C30H60O. The van der Waals surface area contributed by atoms with Crippen molar-refractivity contribution in [2.75, 3.05) is 6.61 Å². The molecule has 0 atom stereocenters. The number of unbranched alkanes of at least 4 members (excludes halogenated alkanes) is 25. The predicted molar refractivity (Wildman–Crippen MR) is 142 cm³/mol. The van der Waals surface area contributed by atoms with Crippen molar-refractivity contribution in [3.8, 4) is 0 Å².